The molecule has 1 saturated heterocycles. The summed E-state index contributed by atoms with van der Waals surface area (Å²) in [6.07, 6.45) is 6.04. The molecule has 2 fully saturated rings. The molecule has 0 spiro atoms. The van der Waals surface area contributed by atoms with Crippen LogP contribution in [0.1, 0.15) is 149 Å². The van der Waals surface area contributed by atoms with Gasteiger partial charge in [0.2, 0.25) is 0 Å². The molecule has 1 aliphatic carbocycles. The maximum absolute atomic E-state index is 13.9. The second-order valence-corrected chi connectivity index (χ2v) is 20.2. The van der Waals surface area contributed by atoms with Gasteiger partial charge in [0.15, 0.2) is 6.10 Å². The van der Waals surface area contributed by atoms with Gasteiger partial charge in [0.1, 0.15) is 36.8 Å². The second-order valence-electron chi connectivity index (χ2n) is 17.6. The predicted molar refractivity (Wildman–Crippen MR) is 251 cm³/mol. The first kappa shape index (κ1) is 61.7. The Morgan fingerprint density at radius 2 is 1.49 bits per heavy atom. The Morgan fingerprint density at radius 1 is 0.824 bits per heavy atom. The number of hydrogen-bond acceptors (Lipinski definition) is 16. The van der Waals surface area contributed by atoms with Crippen LogP contribution < -0.4 is 0 Å². The van der Waals surface area contributed by atoms with Crippen LogP contribution in [0, 0.1) is 11.8 Å². The number of Topliss-reactive ketones (excluding diaryl/α,β-unsaturated/α-hetero) is 1. The quantitative estimate of drug-likeness (QED) is 0.0265. The molecule has 68 heavy (non-hydrogen) atoms. The highest BCUT2D eigenvalue weighted by molar-refractivity contribution is 7.47. The fourth-order valence-electron chi connectivity index (χ4n) is 7.96. The van der Waals surface area contributed by atoms with Crippen molar-refractivity contribution in [1.82, 2.24) is 0 Å². The van der Waals surface area contributed by atoms with Gasteiger partial charge in [0, 0.05) is 25.2 Å². The number of cyclic esters (lactones) is 1. The summed E-state index contributed by atoms with van der Waals surface area (Å²) < 4.78 is 52.2. The third-order valence-corrected chi connectivity index (χ3v) is 13.3. The Labute approximate surface area is 401 Å². The highest BCUT2D eigenvalue weighted by atomic mass is 31.2. The maximum Gasteiger partial charge on any atom is 0.472 e. The van der Waals surface area contributed by atoms with Crippen LogP contribution in [0.2, 0.25) is 0 Å². The van der Waals surface area contributed by atoms with Gasteiger partial charge in [-0.2, -0.15) is 0 Å². The van der Waals surface area contributed by atoms with E-state index in [1.54, 1.807) is 0 Å². The van der Waals surface area contributed by atoms with E-state index < -0.39 is 120 Å². The van der Waals surface area contributed by atoms with Crippen LogP contribution in [0.4, 0.5) is 0 Å². The number of phosphoric acid groups is 2. The van der Waals surface area contributed by atoms with E-state index in [0.29, 0.717) is 38.5 Å². The summed E-state index contributed by atoms with van der Waals surface area (Å²) in [5.41, 5.74) is 0. The SMILES string of the molecule is CC/C=C\C/C=C\C/C=C\CCCCCCCC(=O)O[C@@H]1COC(=O)CCCCCC[C@@H]2[C@@H](O)[C@H](O)[C@@H](O)[C@H](OP(=O)(O)OC1)[C@H](OP(=O)(O)O)[C@H](O)[C@@H](/C=C/[C@@H](O)CCCCC)C(=O)C[C@@H]2O. The van der Waals surface area contributed by atoms with Gasteiger partial charge in [-0.1, -0.05) is 120 Å². The van der Waals surface area contributed by atoms with Crippen LogP contribution in [0.25, 0.3) is 0 Å². The Bertz CT molecular complexity index is 1670. The van der Waals surface area contributed by atoms with E-state index in [0.717, 1.165) is 69.9 Å². The number of esters is 2. The summed E-state index contributed by atoms with van der Waals surface area (Å²) in [6.45, 7) is 2.43. The first-order valence-corrected chi connectivity index (χ1v) is 27.3. The molecule has 21 heteroatoms. The molecular formula is C47H80O19P2. The zero-order valence-corrected chi connectivity index (χ0v) is 41.5. The summed E-state index contributed by atoms with van der Waals surface area (Å²) in [7, 11) is -11.5. The topological polar surface area (TPSA) is 314 Å². The van der Waals surface area contributed by atoms with Gasteiger partial charge in [0.25, 0.3) is 0 Å². The molecule has 1 aliphatic heterocycles. The number of aliphatic hydroxyl groups excluding tert-OH is 6. The fourth-order valence-corrected chi connectivity index (χ4v) is 9.49. The molecule has 1 heterocycles. The first-order chi connectivity index (χ1) is 32.3. The molecule has 12 atom stereocenters. The van der Waals surface area contributed by atoms with Crippen molar-refractivity contribution in [3.63, 3.8) is 0 Å². The molecule has 0 radical (unpaired) electrons. The van der Waals surface area contributed by atoms with Gasteiger partial charge in [-0.05, 0) is 57.8 Å². The molecule has 0 aromatic carbocycles. The zero-order valence-electron chi connectivity index (χ0n) is 39.7. The largest absolute Gasteiger partial charge is 0.472 e. The summed E-state index contributed by atoms with van der Waals surface area (Å²) in [6, 6.07) is 0. The summed E-state index contributed by atoms with van der Waals surface area (Å²) in [4.78, 5) is 70.7. The van der Waals surface area contributed by atoms with Crippen molar-refractivity contribution in [3.8, 4) is 0 Å². The third kappa shape index (κ3) is 25.6. The van der Waals surface area contributed by atoms with Gasteiger partial charge in [-0.15, -0.1) is 0 Å². The molecular weight excluding hydrogens is 930 g/mol. The van der Waals surface area contributed by atoms with E-state index in [1.165, 1.54) is 0 Å². The van der Waals surface area contributed by atoms with Gasteiger partial charge in [0.05, 0.1) is 36.9 Å². The van der Waals surface area contributed by atoms with E-state index >= 15 is 0 Å². The number of unbranched alkanes of at least 4 members (excludes halogenated alkanes) is 7. The molecule has 2 aliphatic rings. The molecule has 2 bridgehead atoms. The predicted octanol–water partition coefficient (Wildman–Crippen LogP) is 5.87. The van der Waals surface area contributed by atoms with Crippen molar-refractivity contribution < 1.29 is 91.9 Å². The van der Waals surface area contributed by atoms with E-state index in [2.05, 4.69) is 43.4 Å². The minimum Gasteiger partial charge on any atom is -0.462 e. The van der Waals surface area contributed by atoms with Gasteiger partial charge in [-0.3, -0.25) is 28.0 Å². The van der Waals surface area contributed by atoms with Gasteiger partial charge < -0.3 is 54.8 Å². The van der Waals surface area contributed by atoms with E-state index in [4.69, 9.17) is 23.0 Å². The zero-order chi connectivity index (χ0) is 50.5. The van der Waals surface area contributed by atoms with E-state index in [9.17, 15) is 68.8 Å². The number of carbonyl (C=O) groups excluding carboxylic acids is 3. The first-order valence-electron chi connectivity index (χ1n) is 24.3. The smallest absolute Gasteiger partial charge is 0.462 e. The van der Waals surface area contributed by atoms with Crippen LogP contribution in [-0.4, -0.2) is 131 Å². The lowest BCUT2D eigenvalue weighted by atomic mass is 9.82. The molecule has 1 saturated carbocycles. The van der Waals surface area contributed by atoms with Crippen molar-refractivity contribution in [2.75, 3.05) is 13.2 Å². The lowest BCUT2D eigenvalue weighted by Crippen LogP contribution is -2.56. The molecule has 0 aromatic heterocycles. The third-order valence-electron chi connectivity index (χ3n) is 11.8. The van der Waals surface area contributed by atoms with Crippen molar-refractivity contribution in [2.24, 2.45) is 11.8 Å². The Kier molecular flexibility index (Phi) is 30.8. The molecule has 392 valence electrons. The van der Waals surface area contributed by atoms with Gasteiger partial charge >= 0.3 is 27.6 Å². The molecule has 0 aromatic rings. The number of phosphoric ester groups is 2. The monoisotopic (exact) mass is 1010 g/mol. The standard InChI is InChI=1S/C47H80O19P2/c1-3-5-7-8-9-10-11-12-13-14-15-16-17-18-24-28-41(52)64-35-32-62-40(51)27-23-20-19-22-26-36-38(49)31-39(50)37(30-29-34(48)25-21-6-4-2)43(54)46(65-67(57,58)59)47(45(56)44(55)42(36)53)66-68(60,61)63-33-35/h5,7,9-10,12-13,29-30,34-38,42-49,53-56H,3-4,6,8,11,14-28,31-33H2,1-2H3,(H,60,61)(H2,57,58,59)/b7-5-,10-9-,13-12-,30-29+/t34-,35+,36-,37-,38-,42+,43+,44-,45+,46+,47-/m0/s1. The fraction of sp³-hybridized carbons (Fsp3) is 0.766. The summed E-state index contributed by atoms with van der Waals surface area (Å²) >= 11 is 0. The van der Waals surface area contributed by atoms with E-state index in [-0.39, 0.29) is 32.1 Å². The van der Waals surface area contributed by atoms with Crippen molar-refractivity contribution in [2.45, 2.75) is 204 Å². The second kappa shape index (κ2) is 34.0. The summed E-state index contributed by atoms with van der Waals surface area (Å²) in [5.74, 6) is -5.67. The minimum atomic E-state index is -5.79. The lowest BCUT2D eigenvalue weighted by molar-refractivity contribution is -0.165. The van der Waals surface area contributed by atoms with Crippen molar-refractivity contribution in [1.29, 1.82) is 0 Å². The number of aliphatic hydroxyl groups is 6. The molecule has 9 N–H and O–H groups in total. The lowest BCUT2D eigenvalue weighted by Gasteiger charge is -2.38. The van der Waals surface area contributed by atoms with Crippen LogP contribution in [0.5, 0.6) is 0 Å². The number of ether oxygens (including phenoxy) is 2. The Balaban J connectivity index is 2.36. The van der Waals surface area contributed by atoms with Crippen molar-refractivity contribution >= 4 is 33.4 Å². The maximum atomic E-state index is 13.9. The average molecular weight is 1010 g/mol. The number of hydrogen-bond donors (Lipinski definition) is 9. The van der Waals surface area contributed by atoms with Crippen LogP contribution in [-0.2, 0) is 46.6 Å². The highest BCUT2D eigenvalue weighted by Gasteiger charge is 2.51. The Hall–Kier alpha value is -2.45. The number of rotatable bonds is 22. The number of ketones is 1. The number of allylic oxidation sites excluding steroid dienone is 6. The van der Waals surface area contributed by atoms with Crippen LogP contribution in [0.3, 0.4) is 0 Å². The molecule has 0 amide bonds. The van der Waals surface area contributed by atoms with E-state index in [1.807, 2.05) is 6.92 Å². The molecule has 1 unspecified atom stereocenters. The van der Waals surface area contributed by atoms with Gasteiger partial charge in [-0.25, -0.2) is 9.13 Å². The van der Waals surface area contributed by atoms with Crippen LogP contribution >= 0.6 is 15.6 Å². The Morgan fingerprint density at radius 3 is 2.18 bits per heavy atom. The molecule has 2 rings (SSSR count). The van der Waals surface area contributed by atoms with Crippen molar-refractivity contribution in [3.05, 3.63) is 48.6 Å². The normalized spacial score (nSPS) is 30.9. The highest BCUT2D eigenvalue weighted by Crippen LogP contribution is 2.49. The number of carbonyl (C=O) groups is 3. The average Bonchev–Trinajstić information content (AvgIpc) is 3.28. The summed E-state index contributed by atoms with van der Waals surface area (Å²) in [5, 5.41) is 68.2. The van der Waals surface area contributed by atoms with Crippen LogP contribution in [0.15, 0.2) is 48.6 Å². The minimum absolute atomic E-state index is 0.0506. The molecule has 19 nitrogen and oxygen atoms in total. The number of fused-ring (bicyclic) bond motifs is 4.